The second kappa shape index (κ2) is 6.30. The second-order valence-electron chi connectivity index (χ2n) is 6.34. The van der Waals surface area contributed by atoms with E-state index in [9.17, 15) is 18.0 Å². The van der Waals surface area contributed by atoms with Gasteiger partial charge in [0.15, 0.2) is 0 Å². The van der Waals surface area contributed by atoms with Crippen molar-refractivity contribution in [3.05, 3.63) is 33.2 Å². The molecule has 0 bridgehead atoms. The van der Waals surface area contributed by atoms with Crippen LogP contribution in [0.5, 0.6) is 0 Å². The minimum absolute atomic E-state index is 0.149. The molecule has 1 saturated heterocycles. The predicted octanol–water partition coefficient (Wildman–Crippen LogP) is -0.775. The van der Waals surface area contributed by atoms with E-state index in [-0.39, 0.29) is 43.2 Å². The number of hydrogen-bond donors (Lipinski definition) is 1. The highest BCUT2D eigenvalue weighted by Crippen LogP contribution is 2.21. The molecule has 9 heteroatoms. The highest BCUT2D eigenvalue weighted by Gasteiger charge is 2.29. The average molecular weight is 354 g/mol. The van der Waals surface area contributed by atoms with Crippen molar-refractivity contribution >= 4 is 16.1 Å². The van der Waals surface area contributed by atoms with Crippen LogP contribution in [0.25, 0.3) is 0 Å². The lowest BCUT2D eigenvalue weighted by Crippen LogP contribution is -2.53. The third-order valence-electron chi connectivity index (χ3n) is 4.85. The molecule has 2 N–H and O–H groups in total. The lowest BCUT2D eigenvalue weighted by molar-refractivity contribution is 0.0695. The number of carbonyl (C=O) groups excluding carboxylic acids is 1. The summed E-state index contributed by atoms with van der Waals surface area (Å²) in [6.45, 7) is 0.761. The molecule has 0 saturated carbocycles. The van der Waals surface area contributed by atoms with Gasteiger partial charge in [0.25, 0.3) is 21.7 Å². The molecule has 1 amide bonds. The number of carbonyl (C=O) groups is 1. The number of amides is 1. The number of fused-ring (bicyclic) bond motifs is 1. The lowest BCUT2D eigenvalue weighted by atomic mass is 9.94. The third kappa shape index (κ3) is 3.11. The van der Waals surface area contributed by atoms with Crippen molar-refractivity contribution in [1.29, 1.82) is 0 Å². The lowest BCUT2D eigenvalue weighted by Gasteiger charge is -2.33. The molecule has 2 heterocycles. The molecule has 0 aromatic carbocycles. The number of nitrogens with zero attached hydrogens (tertiary/aromatic N) is 3. The molecule has 1 aliphatic carbocycles. The van der Waals surface area contributed by atoms with E-state index in [2.05, 4.69) is 0 Å². The highest BCUT2D eigenvalue weighted by atomic mass is 32.2. The molecule has 1 aromatic rings. The normalized spacial score (nSPS) is 19.2. The fraction of sp³-hybridized carbons (Fsp3) is 0.600. The van der Waals surface area contributed by atoms with Crippen LogP contribution in [0.15, 0.2) is 10.9 Å². The molecule has 8 nitrogen and oxygen atoms in total. The Balaban J connectivity index is 1.84. The van der Waals surface area contributed by atoms with Crippen LogP contribution in [0.2, 0.25) is 0 Å². The quantitative estimate of drug-likeness (QED) is 0.752. The Morgan fingerprint density at radius 2 is 1.75 bits per heavy atom. The summed E-state index contributed by atoms with van der Waals surface area (Å²) >= 11 is 0. The zero-order valence-electron chi connectivity index (χ0n) is 13.7. The number of rotatable bonds is 2. The van der Waals surface area contributed by atoms with E-state index in [4.69, 9.17) is 5.14 Å². The Kier molecular flexibility index (Phi) is 4.50. The Hall–Kier alpha value is -1.71. The van der Waals surface area contributed by atoms with Crippen LogP contribution < -0.4 is 10.7 Å². The van der Waals surface area contributed by atoms with Crippen LogP contribution in [0.3, 0.4) is 0 Å². The van der Waals surface area contributed by atoms with Gasteiger partial charge in [-0.05, 0) is 37.3 Å². The van der Waals surface area contributed by atoms with Crippen LogP contribution in [0.1, 0.15) is 34.5 Å². The summed E-state index contributed by atoms with van der Waals surface area (Å²) in [6, 6.07) is 1.73. The van der Waals surface area contributed by atoms with E-state index in [1.54, 1.807) is 17.7 Å². The molecule has 24 heavy (non-hydrogen) atoms. The monoisotopic (exact) mass is 354 g/mol. The first-order valence-corrected chi connectivity index (χ1v) is 9.58. The summed E-state index contributed by atoms with van der Waals surface area (Å²) in [7, 11) is -2.03. The summed E-state index contributed by atoms with van der Waals surface area (Å²) in [6.07, 6.45) is 3.86. The van der Waals surface area contributed by atoms with Crippen LogP contribution in [-0.4, -0.2) is 54.3 Å². The topological polar surface area (TPSA) is 106 Å². The predicted molar refractivity (Wildman–Crippen MR) is 88.9 cm³/mol. The van der Waals surface area contributed by atoms with Crippen LogP contribution >= 0.6 is 0 Å². The maximum atomic E-state index is 12.7. The third-order valence-corrected chi connectivity index (χ3v) is 5.94. The van der Waals surface area contributed by atoms with Gasteiger partial charge in [0, 0.05) is 38.9 Å². The molecule has 3 rings (SSSR count). The molecule has 1 aliphatic heterocycles. The van der Waals surface area contributed by atoms with Crippen molar-refractivity contribution < 1.29 is 13.2 Å². The molecule has 0 spiro atoms. The zero-order chi connectivity index (χ0) is 17.5. The molecule has 132 valence electrons. The number of pyridine rings is 1. The fourth-order valence-electron chi connectivity index (χ4n) is 3.46. The summed E-state index contributed by atoms with van der Waals surface area (Å²) in [5.74, 6) is -0.335. The van der Waals surface area contributed by atoms with Gasteiger partial charge in [0.2, 0.25) is 0 Å². The van der Waals surface area contributed by atoms with Crippen molar-refractivity contribution in [2.24, 2.45) is 12.2 Å². The fourth-order valence-corrected chi connectivity index (χ4v) is 4.13. The van der Waals surface area contributed by atoms with E-state index in [0.717, 1.165) is 41.2 Å². The van der Waals surface area contributed by atoms with Crippen LogP contribution in [0.4, 0.5) is 0 Å². The zero-order valence-corrected chi connectivity index (χ0v) is 14.5. The minimum Gasteiger partial charge on any atom is -0.336 e. The Labute approximate surface area is 141 Å². The molecule has 0 unspecified atom stereocenters. The van der Waals surface area contributed by atoms with Crippen LogP contribution in [0, 0.1) is 0 Å². The molecular formula is C15H22N4O4S. The van der Waals surface area contributed by atoms with Gasteiger partial charge in [-0.3, -0.25) is 9.59 Å². The number of aromatic nitrogens is 1. The van der Waals surface area contributed by atoms with Crippen molar-refractivity contribution in [3.8, 4) is 0 Å². The summed E-state index contributed by atoms with van der Waals surface area (Å²) in [4.78, 5) is 26.8. The van der Waals surface area contributed by atoms with E-state index in [1.165, 1.54) is 4.90 Å². The molecule has 1 aromatic heterocycles. The Morgan fingerprint density at radius 3 is 2.38 bits per heavy atom. The van der Waals surface area contributed by atoms with Gasteiger partial charge in [-0.2, -0.15) is 12.7 Å². The Bertz CT molecular complexity index is 823. The summed E-state index contributed by atoms with van der Waals surface area (Å²) in [5.41, 5.74) is 1.97. The second-order valence-corrected chi connectivity index (χ2v) is 7.88. The first-order chi connectivity index (χ1) is 11.3. The summed E-state index contributed by atoms with van der Waals surface area (Å²) in [5, 5.41) is 5.10. The Morgan fingerprint density at radius 1 is 1.12 bits per heavy atom. The van der Waals surface area contributed by atoms with E-state index >= 15 is 0 Å². The molecular weight excluding hydrogens is 332 g/mol. The largest absolute Gasteiger partial charge is 0.336 e. The smallest absolute Gasteiger partial charge is 0.277 e. The van der Waals surface area contributed by atoms with Gasteiger partial charge in [-0.25, -0.2) is 5.14 Å². The first-order valence-electron chi connectivity index (χ1n) is 8.08. The van der Waals surface area contributed by atoms with E-state index in [1.807, 2.05) is 0 Å². The van der Waals surface area contributed by atoms with Gasteiger partial charge in [0.05, 0.1) is 0 Å². The standard InChI is InChI=1S/C15H22N4O4S/c1-17-13-5-3-2-4-11(13)10-12(14(17)20)15(21)18-6-8-19(9-7-18)24(16,22)23/h10H,2-9H2,1H3,(H2,16,22,23). The number of hydrogen-bond acceptors (Lipinski definition) is 4. The summed E-state index contributed by atoms with van der Waals surface area (Å²) < 4.78 is 25.4. The highest BCUT2D eigenvalue weighted by molar-refractivity contribution is 7.86. The van der Waals surface area contributed by atoms with Crippen molar-refractivity contribution in [2.45, 2.75) is 25.7 Å². The van der Waals surface area contributed by atoms with Crippen molar-refractivity contribution in [3.63, 3.8) is 0 Å². The van der Waals surface area contributed by atoms with Gasteiger partial charge in [0.1, 0.15) is 5.56 Å². The van der Waals surface area contributed by atoms with Gasteiger partial charge < -0.3 is 9.47 Å². The molecule has 2 aliphatic rings. The SMILES string of the molecule is Cn1c2c(cc(C(=O)N3CCN(S(N)(=O)=O)CC3)c1=O)CCCC2. The minimum atomic E-state index is -3.74. The van der Waals surface area contributed by atoms with E-state index in [0.29, 0.717) is 0 Å². The molecule has 0 atom stereocenters. The van der Waals surface area contributed by atoms with Crippen molar-refractivity contribution in [2.75, 3.05) is 26.2 Å². The molecule has 0 radical (unpaired) electrons. The maximum absolute atomic E-state index is 12.7. The number of aryl methyl sites for hydroxylation is 1. The van der Waals surface area contributed by atoms with Gasteiger partial charge in [-0.15, -0.1) is 0 Å². The van der Waals surface area contributed by atoms with Gasteiger partial charge >= 0.3 is 0 Å². The van der Waals surface area contributed by atoms with Crippen molar-refractivity contribution in [1.82, 2.24) is 13.8 Å². The van der Waals surface area contributed by atoms with Gasteiger partial charge in [-0.1, -0.05) is 0 Å². The van der Waals surface area contributed by atoms with E-state index < -0.39 is 10.2 Å². The molecule has 1 fully saturated rings. The maximum Gasteiger partial charge on any atom is 0.277 e. The average Bonchev–Trinajstić information content (AvgIpc) is 2.57. The van der Waals surface area contributed by atoms with Crippen LogP contribution in [-0.2, 0) is 30.1 Å². The first kappa shape index (κ1) is 17.1. The number of piperazine rings is 1. The number of nitrogens with two attached hydrogens (primary N) is 1.